The van der Waals surface area contributed by atoms with E-state index in [9.17, 15) is 0 Å². The molecule has 0 aromatic carbocycles. The van der Waals surface area contributed by atoms with E-state index in [1.54, 1.807) is 0 Å². The Balaban J connectivity index is 2.14. The lowest BCUT2D eigenvalue weighted by Crippen LogP contribution is -2.43. The summed E-state index contributed by atoms with van der Waals surface area (Å²) in [5, 5.41) is 0.491. The van der Waals surface area contributed by atoms with Crippen LogP contribution in [0.3, 0.4) is 0 Å². The second-order valence-corrected chi connectivity index (χ2v) is 7.76. The van der Waals surface area contributed by atoms with Gasteiger partial charge in [0.15, 0.2) is 0 Å². The molecule has 0 aromatic rings. The molecule has 2 unspecified atom stereocenters. The topological polar surface area (TPSA) is 0 Å². The van der Waals surface area contributed by atoms with Crippen LogP contribution in [0, 0.1) is 23.2 Å². The first kappa shape index (κ1) is 11.6. The van der Waals surface area contributed by atoms with Gasteiger partial charge in [0.05, 0.1) is 15.7 Å². The molecule has 0 nitrogen and oxygen atoms in total. The van der Waals surface area contributed by atoms with Gasteiger partial charge in [0.25, 0.3) is 0 Å². The summed E-state index contributed by atoms with van der Waals surface area (Å²) in [6.45, 7) is 7.44. The van der Waals surface area contributed by atoms with Crippen molar-refractivity contribution < 1.29 is 0 Å². The lowest BCUT2D eigenvalue weighted by molar-refractivity contribution is 0.0365. The van der Waals surface area contributed by atoms with Crippen LogP contribution in [0.25, 0.3) is 0 Å². The molecule has 2 heteroatoms. The Kier molecular flexibility index (Phi) is 2.76. The summed E-state index contributed by atoms with van der Waals surface area (Å²) in [5.74, 6) is 3.08. The average molecular weight is 204 g/mol. The van der Waals surface area contributed by atoms with Crippen molar-refractivity contribution in [1.29, 1.82) is 0 Å². The highest BCUT2D eigenvalue weighted by molar-refractivity contribution is 6.40. The zero-order valence-electron chi connectivity index (χ0n) is 11.3. The summed E-state index contributed by atoms with van der Waals surface area (Å²) in [6.07, 6.45) is 7.51. The third-order valence-electron chi connectivity index (χ3n) is 5.43. The van der Waals surface area contributed by atoms with Crippen LogP contribution in [0.15, 0.2) is 0 Å². The molecule has 0 radical (unpaired) electrons. The summed E-state index contributed by atoms with van der Waals surface area (Å²) in [4.78, 5) is 0. The van der Waals surface area contributed by atoms with Crippen LogP contribution in [0.2, 0.25) is 5.21 Å². The molecule has 84 valence electrons. The molecular weight excluding hydrogens is 178 g/mol. The Morgan fingerprint density at radius 1 is 1.07 bits per heavy atom. The largest absolute Gasteiger partial charge is 0.0995 e. The molecule has 2 saturated carbocycles. The monoisotopic (exact) mass is 204 g/mol. The molecule has 0 spiro atoms. The van der Waals surface area contributed by atoms with Crippen LogP contribution in [-0.4, -0.2) is 15.7 Å². The second kappa shape index (κ2) is 3.57. The molecule has 15 heavy (non-hydrogen) atoms. The van der Waals surface area contributed by atoms with Crippen LogP contribution in [-0.2, 0) is 0 Å². The Morgan fingerprint density at radius 2 is 1.53 bits per heavy atom. The fourth-order valence-electron chi connectivity index (χ4n) is 4.20. The average Bonchev–Trinajstić information content (AvgIpc) is 1.97. The summed E-state index contributed by atoms with van der Waals surface area (Å²) in [6, 6.07) is 0. The van der Waals surface area contributed by atoms with Crippen LogP contribution >= 0.6 is 0 Å². The molecular formula is C13H26B2. The molecule has 2 aliphatic rings. The SMILES string of the molecule is BC(B)(C)C1(C)CC2CC(C)CC(C2)C1. The fraction of sp³-hybridized carbons (Fsp3) is 1.00. The van der Waals surface area contributed by atoms with Crippen LogP contribution < -0.4 is 0 Å². The summed E-state index contributed by atoms with van der Waals surface area (Å²) >= 11 is 0. The van der Waals surface area contributed by atoms with Gasteiger partial charge in [-0.3, -0.25) is 0 Å². The maximum atomic E-state index is 2.54. The molecule has 0 amide bonds. The van der Waals surface area contributed by atoms with E-state index in [4.69, 9.17) is 0 Å². The van der Waals surface area contributed by atoms with Gasteiger partial charge in [0.1, 0.15) is 0 Å². The molecule has 0 heterocycles. The molecule has 0 aromatic heterocycles. The molecule has 2 fully saturated rings. The highest BCUT2D eigenvalue weighted by Gasteiger charge is 2.46. The van der Waals surface area contributed by atoms with Gasteiger partial charge in [-0.2, -0.15) is 0 Å². The number of hydrogen-bond donors (Lipinski definition) is 0. The molecule has 2 bridgehead atoms. The van der Waals surface area contributed by atoms with E-state index in [0.29, 0.717) is 10.6 Å². The predicted molar refractivity (Wildman–Crippen MR) is 72.8 cm³/mol. The van der Waals surface area contributed by atoms with Gasteiger partial charge in [-0.05, 0) is 55.3 Å². The second-order valence-electron chi connectivity index (χ2n) is 7.76. The van der Waals surface area contributed by atoms with Gasteiger partial charge >= 0.3 is 0 Å². The van der Waals surface area contributed by atoms with E-state index >= 15 is 0 Å². The van der Waals surface area contributed by atoms with Crippen molar-refractivity contribution in [2.75, 3.05) is 0 Å². The maximum absolute atomic E-state index is 2.54. The third-order valence-corrected chi connectivity index (χ3v) is 5.43. The van der Waals surface area contributed by atoms with E-state index in [0.717, 1.165) is 17.8 Å². The van der Waals surface area contributed by atoms with Gasteiger partial charge in [-0.15, -0.1) is 0 Å². The van der Waals surface area contributed by atoms with Crippen molar-refractivity contribution in [2.24, 2.45) is 23.2 Å². The zero-order valence-corrected chi connectivity index (χ0v) is 11.3. The van der Waals surface area contributed by atoms with Crippen molar-refractivity contribution in [3.05, 3.63) is 0 Å². The predicted octanol–water partition coefficient (Wildman–Crippen LogP) is 2.24. The van der Waals surface area contributed by atoms with Crippen molar-refractivity contribution in [3.8, 4) is 0 Å². The van der Waals surface area contributed by atoms with E-state index in [1.165, 1.54) is 32.1 Å². The molecule has 2 rings (SSSR count). The van der Waals surface area contributed by atoms with E-state index in [-0.39, 0.29) is 0 Å². The first-order valence-corrected chi connectivity index (χ1v) is 6.80. The first-order valence-electron chi connectivity index (χ1n) is 6.80. The summed E-state index contributed by atoms with van der Waals surface area (Å²) in [5.41, 5.74) is 0.598. The van der Waals surface area contributed by atoms with Gasteiger partial charge < -0.3 is 0 Å². The van der Waals surface area contributed by atoms with Crippen LogP contribution in [0.4, 0.5) is 0 Å². The van der Waals surface area contributed by atoms with Gasteiger partial charge in [0.2, 0.25) is 0 Å². The lowest BCUT2D eigenvalue weighted by atomic mass is 9.38. The molecule has 0 saturated heterocycles. The van der Waals surface area contributed by atoms with Gasteiger partial charge in [0, 0.05) is 0 Å². The standard InChI is InChI=1S/C13H26B2/c1-9-4-10-6-11(5-9)8-12(2,7-10)13(3,14)15/h9-11H,4-8,14-15H2,1-3H3. The van der Waals surface area contributed by atoms with Crippen molar-refractivity contribution >= 4 is 15.7 Å². The molecule has 2 aliphatic carbocycles. The highest BCUT2D eigenvalue weighted by Crippen LogP contribution is 2.57. The maximum Gasteiger partial charge on any atom is 0.0995 e. The first-order chi connectivity index (χ1) is 6.80. The molecule has 2 atom stereocenters. The zero-order chi connectivity index (χ0) is 11.3. The fourth-order valence-corrected chi connectivity index (χ4v) is 4.20. The Hall–Kier alpha value is 0.130. The smallest absolute Gasteiger partial charge is 0.0820 e. The van der Waals surface area contributed by atoms with Crippen molar-refractivity contribution in [2.45, 2.75) is 58.1 Å². The minimum Gasteiger partial charge on any atom is -0.0820 e. The van der Waals surface area contributed by atoms with Gasteiger partial charge in [-0.1, -0.05) is 26.0 Å². The number of hydrogen-bond acceptors (Lipinski definition) is 0. The molecule has 0 N–H and O–H groups in total. The normalized spacial score (nSPS) is 46.5. The van der Waals surface area contributed by atoms with E-state index in [2.05, 4.69) is 36.5 Å². The quantitative estimate of drug-likeness (QED) is 0.574. The highest BCUT2D eigenvalue weighted by atomic mass is 14.5. The Labute approximate surface area is 97.4 Å². The number of fused-ring (bicyclic) bond motifs is 2. The van der Waals surface area contributed by atoms with Gasteiger partial charge in [-0.25, -0.2) is 0 Å². The molecule has 0 aliphatic heterocycles. The summed E-state index contributed by atoms with van der Waals surface area (Å²) < 4.78 is 0. The third kappa shape index (κ3) is 2.15. The van der Waals surface area contributed by atoms with E-state index < -0.39 is 0 Å². The van der Waals surface area contributed by atoms with Crippen molar-refractivity contribution in [1.82, 2.24) is 0 Å². The minimum atomic E-state index is 0.491. The van der Waals surface area contributed by atoms with Crippen molar-refractivity contribution in [3.63, 3.8) is 0 Å². The lowest BCUT2D eigenvalue weighted by Gasteiger charge is -2.53. The van der Waals surface area contributed by atoms with Crippen LogP contribution in [0.1, 0.15) is 52.9 Å². The summed E-state index contributed by atoms with van der Waals surface area (Å²) in [7, 11) is 4.88. The minimum absolute atomic E-state index is 0.491. The van der Waals surface area contributed by atoms with E-state index in [1.807, 2.05) is 0 Å². The Bertz CT molecular complexity index is 223. The van der Waals surface area contributed by atoms with Crippen LogP contribution in [0.5, 0.6) is 0 Å². The Morgan fingerprint density at radius 3 is 1.93 bits per heavy atom. The number of rotatable bonds is 1.